The molecule has 2 aromatic carbocycles. The van der Waals surface area contributed by atoms with Crippen molar-refractivity contribution in [3.63, 3.8) is 0 Å². The lowest BCUT2D eigenvalue weighted by molar-refractivity contribution is -0.137. The van der Waals surface area contributed by atoms with E-state index in [1.54, 1.807) is 18.2 Å². The molecule has 8 heteroatoms. The summed E-state index contributed by atoms with van der Waals surface area (Å²) in [7, 11) is 3.04. The highest BCUT2D eigenvalue weighted by Crippen LogP contribution is 2.33. The number of rotatable bonds is 10. The van der Waals surface area contributed by atoms with Gasteiger partial charge in [0.2, 0.25) is 0 Å². The van der Waals surface area contributed by atoms with Crippen LogP contribution >= 0.6 is 0 Å². The van der Waals surface area contributed by atoms with E-state index in [4.69, 9.17) is 14.2 Å². The summed E-state index contributed by atoms with van der Waals surface area (Å²) >= 11 is 0. The molecule has 7 nitrogen and oxygen atoms in total. The van der Waals surface area contributed by atoms with E-state index in [-0.39, 0.29) is 23.9 Å². The van der Waals surface area contributed by atoms with Gasteiger partial charge in [0.25, 0.3) is 11.8 Å². The molecule has 2 amide bonds. The van der Waals surface area contributed by atoms with Gasteiger partial charge in [0.05, 0.1) is 25.9 Å². The van der Waals surface area contributed by atoms with E-state index in [0.717, 1.165) is 0 Å². The highest BCUT2D eigenvalue weighted by molar-refractivity contribution is 6.36. The molecule has 0 bridgehead atoms. The third-order valence-corrected chi connectivity index (χ3v) is 4.90. The van der Waals surface area contributed by atoms with Crippen molar-refractivity contribution in [3.8, 4) is 11.5 Å². The Labute approximate surface area is 186 Å². The van der Waals surface area contributed by atoms with E-state index >= 15 is 0 Å². The Bertz CT molecular complexity index is 995. The van der Waals surface area contributed by atoms with Gasteiger partial charge in [-0.25, -0.2) is 4.39 Å². The molecule has 0 atom stereocenters. The number of hydrogen-bond donors (Lipinski definition) is 1. The molecule has 0 saturated heterocycles. The maximum Gasteiger partial charge on any atom is 0.278 e. The molecule has 3 rings (SSSR count). The van der Waals surface area contributed by atoms with Crippen molar-refractivity contribution in [1.29, 1.82) is 0 Å². The highest BCUT2D eigenvalue weighted by Gasteiger charge is 2.39. The number of nitrogens with one attached hydrogen (secondary N) is 1. The summed E-state index contributed by atoms with van der Waals surface area (Å²) < 4.78 is 29.6. The van der Waals surface area contributed by atoms with Crippen LogP contribution in [0.2, 0.25) is 0 Å². The molecule has 0 fully saturated rings. The SMILES string of the molecule is COc1cc(NC2=C(c3ccc(F)cc3)C(=O)N(CCCOC(C)C)C2=O)cc(OC)c1. The zero-order valence-corrected chi connectivity index (χ0v) is 18.6. The van der Waals surface area contributed by atoms with Crippen LogP contribution in [0.4, 0.5) is 10.1 Å². The quantitative estimate of drug-likeness (QED) is 0.445. The van der Waals surface area contributed by atoms with Crippen LogP contribution in [0.25, 0.3) is 5.57 Å². The number of methoxy groups -OCH3 is 2. The summed E-state index contributed by atoms with van der Waals surface area (Å²) in [5.41, 5.74) is 1.26. The van der Waals surface area contributed by atoms with Crippen molar-refractivity contribution in [2.45, 2.75) is 26.4 Å². The molecule has 1 N–H and O–H groups in total. The summed E-state index contributed by atoms with van der Waals surface area (Å²) in [5, 5.41) is 3.05. The third kappa shape index (κ3) is 5.26. The number of carbonyl (C=O) groups excluding carboxylic acids is 2. The maximum absolute atomic E-state index is 13.5. The van der Waals surface area contributed by atoms with Gasteiger partial charge in [-0.2, -0.15) is 0 Å². The van der Waals surface area contributed by atoms with Crippen LogP contribution in [0.5, 0.6) is 11.5 Å². The standard InChI is InChI=1S/C24H27FN2O5/c1-15(2)32-11-5-10-27-23(28)21(16-6-8-17(25)9-7-16)22(24(27)29)26-18-12-19(30-3)14-20(13-18)31-4/h6-9,12-15,26H,5,10-11H2,1-4H3. The van der Waals surface area contributed by atoms with E-state index < -0.39 is 17.6 Å². The first kappa shape index (κ1) is 23.3. The second-order valence-corrected chi connectivity index (χ2v) is 7.52. The smallest absolute Gasteiger partial charge is 0.278 e. The minimum atomic E-state index is -0.458. The first-order chi connectivity index (χ1) is 15.3. The van der Waals surface area contributed by atoms with Crippen LogP contribution in [-0.4, -0.2) is 50.2 Å². The van der Waals surface area contributed by atoms with Crippen molar-refractivity contribution < 1.29 is 28.2 Å². The van der Waals surface area contributed by atoms with Crippen molar-refractivity contribution in [2.24, 2.45) is 0 Å². The fourth-order valence-electron chi connectivity index (χ4n) is 3.35. The molecule has 0 spiro atoms. The molecular formula is C24H27FN2O5. The van der Waals surface area contributed by atoms with Crippen LogP contribution in [0, 0.1) is 5.82 Å². The second-order valence-electron chi connectivity index (χ2n) is 7.52. The number of carbonyl (C=O) groups is 2. The summed E-state index contributed by atoms with van der Waals surface area (Å²) in [6, 6.07) is 10.5. The summed E-state index contributed by atoms with van der Waals surface area (Å²) in [6.45, 7) is 4.48. The van der Waals surface area contributed by atoms with E-state index in [9.17, 15) is 14.0 Å². The first-order valence-corrected chi connectivity index (χ1v) is 10.3. The second kappa shape index (κ2) is 10.3. The Balaban J connectivity index is 1.95. The lowest BCUT2D eigenvalue weighted by atomic mass is 10.0. The molecular weight excluding hydrogens is 415 g/mol. The largest absolute Gasteiger partial charge is 0.497 e. The molecule has 1 aliphatic heterocycles. The molecule has 32 heavy (non-hydrogen) atoms. The molecule has 0 unspecified atom stereocenters. The van der Waals surface area contributed by atoms with Crippen molar-refractivity contribution in [3.05, 3.63) is 59.5 Å². The topological polar surface area (TPSA) is 77.1 Å². The average molecular weight is 442 g/mol. The van der Waals surface area contributed by atoms with Crippen molar-refractivity contribution in [1.82, 2.24) is 4.90 Å². The molecule has 0 aromatic heterocycles. The number of benzene rings is 2. The molecule has 0 saturated carbocycles. The number of amides is 2. The van der Waals surface area contributed by atoms with Gasteiger partial charge in [0, 0.05) is 37.0 Å². The van der Waals surface area contributed by atoms with Gasteiger partial charge in [0.1, 0.15) is 23.0 Å². The van der Waals surface area contributed by atoms with Gasteiger partial charge in [0.15, 0.2) is 0 Å². The summed E-state index contributed by atoms with van der Waals surface area (Å²) in [5.74, 6) is -0.282. The van der Waals surface area contributed by atoms with E-state index in [0.29, 0.717) is 35.8 Å². The van der Waals surface area contributed by atoms with Gasteiger partial charge in [-0.3, -0.25) is 14.5 Å². The summed E-state index contributed by atoms with van der Waals surface area (Å²) in [4.78, 5) is 27.6. The number of imide groups is 1. The fourth-order valence-corrected chi connectivity index (χ4v) is 3.35. The zero-order valence-electron chi connectivity index (χ0n) is 18.6. The number of anilines is 1. The Kier molecular flexibility index (Phi) is 7.48. The lowest BCUT2D eigenvalue weighted by Crippen LogP contribution is -2.34. The fraction of sp³-hybridized carbons (Fsp3) is 0.333. The van der Waals surface area contributed by atoms with E-state index in [1.807, 2.05) is 13.8 Å². The van der Waals surface area contributed by atoms with Crippen LogP contribution in [0.15, 0.2) is 48.2 Å². The number of hydrogen-bond acceptors (Lipinski definition) is 6. The van der Waals surface area contributed by atoms with Gasteiger partial charge < -0.3 is 19.5 Å². The molecule has 0 radical (unpaired) electrons. The lowest BCUT2D eigenvalue weighted by Gasteiger charge is -2.16. The first-order valence-electron chi connectivity index (χ1n) is 10.3. The Morgan fingerprint density at radius 2 is 1.59 bits per heavy atom. The molecule has 2 aromatic rings. The molecule has 1 heterocycles. The summed E-state index contributed by atoms with van der Waals surface area (Å²) in [6.07, 6.45) is 0.570. The zero-order chi connectivity index (χ0) is 23.3. The predicted octanol–water partition coefficient (Wildman–Crippen LogP) is 3.85. The van der Waals surface area contributed by atoms with E-state index in [1.165, 1.54) is 43.4 Å². The van der Waals surface area contributed by atoms with Crippen LogP contribution in [-0.2, 0) is 14.3 Å². The van der Waals surface area contributed by atoms with Gasteiger partial charge in [-0.15, -0.1) is 0 Å². The minimum Gasteiger partial charge on any atom is -0.497 e. The Hall–Kier alpha value is -3.39. The number of nitrogens with zero attached hydrogens (tertiary/aromatic N) is 1. The van der Waals surface area contributed by atoms with Crippen LogP contribution in [0.3, 0.4) is 0 Å². The highest BCUT2D eigenvalue weighted by atomic mass is 19.1. The average Bonchev–Trinajstić information content (AvgIpc) is 3.00. The molecule has 170 valence electrons. The monoisotopic (exact) mass is 442 g/mol. The van der Waals surface area contributed by atoms with Gasteiger partial charge in [-0.1, -0.05) is 12.1 Å². The predicted molar refractivity (Wildman–Crippen MR) is 119 cm³/mol. The maximum atomic E-state index is 13.5. The minimum absolute atomic E-state index is 0.0631. The van der Waals surface area contributed by atoms with Gasteiger partial charge in [-0.05, 0) is 38.0 Å². The Morgan fingerprint density at radius 3 is 2.16 bits per heavy atom. The van der Waals surface area contributed by atoms with Crippen LogP contribution < -0.4 is 14.8 Å². The number of ether oxygens (including phenoxy) is 3. The third-order valence-electron chi connectivity index (χ3n) is 4.90. The van der Waals surface area contributed by atoms with Gasteiger partial charge >= 0.3 is 0 Å². The van der Waals surface area contributed by atoms with E-state index in [2.05, 4.69) is 5.32 Å². The Morgan fingerprint density at radius 1 is 0.969 bits per heavy atom. The normalized spacial score (nSPS) is 13.9. The molecule has 1 aliphatic rings. The molecule has 0 aliphatic carbocycles. The van der Waals surface area contributed by atoms with Crippen molar-refractivity contribution >= 4 is 23.1 Å². The van der Waals surface area contributed by atoms with Crippen molar-refractivity contribution in [2.75, 3.05) is 32.7 Å². The number of halogens is 1. The van der Waals surface area contributed by atoms with Crippen LogP contribution in [0.1, 0.15) is 25.8 Å².